The molecule has 0 spiro atoms. The molecular formula is C20H30IN3O3. The van der Waals surface area contributed by atoms with E-state index >= 15 is 0 Å². The third-order valence-electron chi connectivity index (χ3n) is 3.89. The van der Waals surface area contributed by atoms with E-state index in [0.29, 0.717) is 6.54 Å². The van der Waals surface area contributed by atoms with Crippen LogP contribution in [-0.4, -0.2) is 39.9 Å². The second-order valence-electron chi connectivity index (χ2n) is 5.90. The maximum absolute atomic E-state index is 5.37. The van der Waals surface area contributed by atoms with Crippen LogP contribution >= 0.6 is 24.0 Å². The lowest BCUT2D eigenvalue weighted by Gasteiger charge is -2.12. The average molecular weight is 487 g/mol. The molecule has 0 saturated carbocycles. The highest BCUT2D eigenvalue weighted by molar-refractivity contribution is 14.0. The maximum Gasteiger partial charge on any atom is 0.191 e. The zero-order valence-electron chi connectivity index (χ0n) is 16.1. The van der Waals surface area contributed by atoms with E-state index in [-0.39, 0.29) is 24.0 Å². The Bertz CT molecular complexity index is 630. The molecule has 0 atom stereocenters. The summed E-state index contributed by atoms with van der Waals surface area (Å²) >= 11 is 0. The van der Waals surface area contributed by atoms with Gasteiger partial charge in [0.05, 0.1) is 19.9 Å². The Labute approximate surface area is 178 Å². The van der Waals surface area contributed by atoms with E-state index in [1.165, 1.54) is 0 Å². The predicted octanol–water partition coefficient (Wildman–Crippen LogP) is 3.61. The Morgan fingerprint density at radius 2 is 1.81 bits per heavy atom. The molecule has 0 bridgehead atoms. The summed E-state index contributed by atoms with van der Waals surface area (Å²) in [5.41, 5.74) is 1.14. The van der Waals surface area contributed by atoms with E-state index in [0.717, 1.165) is 62.0 Å². The number of hydrogen-bond donors (Lipinski definition) is 2. The van der Waals surface area contributed by atoms with Crippen molar-refractivity contribution in [1.82, 2.24) is 10.6 Å². The second-order valence-corrected chi connectivity index (χ2v) is 5.90. The quantitative estimate of drug-likeness (QED) is 0.220. The molecule has 2 rings (SSSR count). The fourth-order valence-corrected chi connectivity index (χ4v) is 2.41. The van der Waals surface area contributed by atoms with E-state index in [4.69, 9.17) is 13.9 Å². The molecule has 0 saturated heterocycles. The van der Waals surface area contributed by atoms with Crippen LogP contribution in [0.15, 0.2) is 52.1 Å². The van der Waals surface area contributed by atoms with Crippen molar-refractivity contribution in [3.05, 3.63) is 54.0 Å². The minimum atomic E-state index is 0. The number of halogens is 1. The van der Waals surface area contributed by atoms with Crippen LogP contribution in [0.2, 0.25) is 0 Å². The monoisotopic (exact) mass is 487 g/mol. The largest absolute Gasteiger partial charge is 0.497 e. The van der Waals surface area contributed by atoms with Crippen molar-refractivity contribution >= 4 is 29.9 Å². The van der Waals surface area contributed by atoms with Crippen molar-refractivity contribution in [1.29, 1.82) is 0 Å². The SMILES string of the molecule is COCCCCNC(=NCc1ccc(OC)cc1)NCCc1ccco1.I. The fraction of sp³-hybridized carbons (Fsp3) is 0.450. The first kappa shape index (κ1) is 23.3. The van der Waals surface area contributed by atoms with Gasteiger partial charge in [-0.1, -0.05) is 12.1 Å². The topological polar surface area (TPSA) is 68.0 Å². The Morgan fingerprint density at radius 1 is 1.04 bits per heavy atom. The molecule has 0 aliphatic rings. The van der Waals surface area contributed by atoms with Gasteiger partial charge >= 0.3 is 0 Å². The summed E-state index contributed by atoms with van der Waals surface area (Å²) in [7, 11) is 3.40. The second kappa shape index (κ2) is 14.3. The Kier molecular flexibility index (Phi) is 12.4. The lowest BCUT2D eigenvalue weighted by Crippen LogP contribution is -2.39. The molecule has 2 aromatic rings. The van der Waals surface area contributed by atoms with Crippen LogP contribution in [0.4, 0.5) is 0 Å². The Hall–Kier alpha value is -1.74. The van der Waals surface area contributed by atoms with E-state index in [1.807, 2.05) is 36.4 Å². The van der Waals surface area contributed by atoms with Crippen molar-refractivity contribution in [2.24, 2.45) is 4.99 Å². The summed E-state index contributed by atoms with van der Waals surface area (Å²) in [4.78, 5) is 4.68. The van der Waals surface area contributed by atoms with Crippen LogP contribution in [0, 0.1) is 0 Å². The molecule has 7 heteroatoms. The minimum Gasteiger partial charge on any atom is -0.497 e. The van der Waals surface area contributed by atoms with Crippen LogP contribution in [0.1, 0.15) is 24.2 Å². The molecule has 0 unspecified atom stereocenters. The van der Waals surface area contributed by atoms with Gasteiger partial charge in [-0.2, -0.15) is 0 Å². The first-order valence-electron chi connectivity index (χ1n) is 8.98. The summed E-state index contributed by atoms with van der Waals surface area (Å²) in [6.07, 6.45) is 4.58. The molecule has 0 aliphatic heterocycles. The minimum absolute atomic E-state index is 0. The number of furan rings is 1. The van der Waals surface area contributed by atoms with E-state index in [9.17, 15) is 0 Å². The number of nitrogens with one attached hydrogen (secondary N) is 2. The first-order valence-corrected chi connectivity index (χ1v) is 8.98. The number of aliphatic imine (C=N–C) groups is 1. The van der Waals surface area contributed by atoms with Crippen molar-refractivity contribution in [2.45, 2.75) is 25.8 Å². The van der Waals surface area contributed by atoms with E-state index in [1.54, 1.807) is 20.5 Å². The van der Waals surface area contributed by atoms with Crippen molar-refractivity contribution in [2.75, 3.05) is 33.9 Å². The van der Waals surface area contributed by atoms with Gasteiger partial charge in [0, 0.05) is 33.2 Å². The lowest BCUT2D eigenvalue weighted by atomic mass is 10.2. The van der Waals surface area contributed by atoms with Gasteiger partial charge in [-0.15, -0.1) is 24.0 Å². The summed E-state index contributed by atoms with van der Waals surface area (Å²) in [5, 5.41) is 6.74. The Balaban J connectivity index is 0.00000364. The number of guanidine groups is 1. The molecule has 1 aromatic carbocycles. The molecule has 0 fully saturated rings. The molecule has 1 aromatic heterocycles. The number of unbranched alkanes of at least 4 members (excludes halogenated alkanes) is 1. The normalized spacial score (nSPS) is 11.0. The maximum atomic E-state index is 5.37. The number of hydrogen-bond acceptors (Lipinski definition) is 4. The molecule has 27 heavy (non-hydrogen) atoms. The smallest absolute Gasteiger partial charge is 0.191 e. The van der Waals surface area contributed by atoms with Crippen molar-refractivity contribution < 1.29 is 13.9 Å². The summed E-state index contributed by atoms with van der Waals surface area (Å²) in [5.74, 6) is 2.63. The third-order valence-corrected chi connectivity index (χ3v) is 3.89. The van der Waals surface area contributed by atoms with Crippen molar-refractivity contribution in [3.8, 4) is 5.75 Å². The van der Waals surface area contributed by atoms with Gasteiger partial charge in [0.1, 0.15) is 11.5 Å². The molecule has 6 nitrogen and oxygen atoms in total. The molecule has 0 aliphatic carbocycles. The van der Waals surface area contributed by atoms with Gasteiger partial charge in [-0.05, 0) is 42.7 Å². The molecule has 150 valence electrons. The number of benzene rings is 1. The number of ether oxygens (including phenoxy) is 2. The third kappa shape index (κ3) is 9.67. The van der Waals surface area contributed by atoms with Gasteiger partial charge < -0.3 is 24.5 Å². The van der Waals surface area contributed by atoms with Crippen LogP contribution in [0.25, 0.3) is 0 Å². The van der Waals surface area contributed by atoms with Crippen LogP contribution in [-0.2, 0) is 17.7 Å². The van der Waals surface area contributed by atoms with Crippen LogP contribution < -0.4 is 15.4 Å². The average Bonchev–Trinajstić information content (AvgIpc) is 3.19. The zero-order valence-corrected chi connectivity index (χ0v) is 18.4. The number of nitrogens with zero attached hydrogens (tertiary/aromatic N) is 1. The van der Waals surface area contributed by atoms with Crippen molar-refractivity contribution in [3.63, 3.8) is 0 Å². The summed E-state index contributed by atoms with van der Waals surface area (Å²) in [6, 6.07) is 11.8. The van der Waals surface area contributed by atoms with Gasteiger partial charge in [-0.25, -0.2) is 4.99 Å². The van der Waals surface area contributed by atoms with Gasteiger partial charge in [0.15, 0.2) is 5.96 Å². The van der Waals surface area contributed by atoms with Crippen LogP contribution in [0.5, 0.6) is 5.75 Å². The predicted molar refractivity (Wildman–Crippen MR) is 119 cm³/mol. The Morgan fingerprint density at radius 3 is 2.48 bits per heavy atom. The zero-order chi connectivity index (χ0) is 18.5. The highest BCUT2D eigenvalue weighted by Gasteiger charge is 2.01. The fourth-order valence-electron chi connectivity index (χ4n) is 2.41. The van der Waals surface area contributed by atoms with Gasteiger partial charge in [-0.3, -0.25) is 0 Å². The number of rotatable bonds is 11. The summed E-state index contributed by atoms with van der Waals surface area (Å²) < 4.78 is 15.6. The molecule has 2 N–H and O–H groups in total. The van der Waals surface area contributed by atoms with E-state index in [2.05, 4.69) is 15.6 Å². The van der Waals surface area contributed by atoms with Crippen LogP contribution in [0.3, 0.4) is 0 Å². The summed E-state index contributed by atoms with van der Waals surface area (Å²) in [6.45, 7) is 3.02. The molecule has 1 heterocycles. The lowest BCUT2D eigenvalue weighted by molar-refractivity contribution is 0.193. The number of methoxy groups -OCH3 is 2. The molecule has 0 amide bonds. The highest BCUT2D eigenvalue weighted by atomic mass is 127. The standard InChI is InChI=1S/C20H29N3O3.HI/c1-24-14-4-3-12-21-20(22-13-11-19-6-5-15-26-19)23-16-17-7-9-18(25-2)10-8-17;/h5-10,15H,3-4,11-14,16H2,1-2H3,(H2,21,22,23);1H. The van der Waals surface area contributed by atoms with E-state index < -0.39 is 0 Å². The highest BCUT2D eigenvalue weighted by Crippen LogP contribution is 2.11. The molecular weight excluding hydrogens is 457 g/mol. The first-order chi connectivity index (χ1) is 12.8. The van der Waals surface area contributed by atoms with Gasteiger partial charge in [0.2, 0.25) is 0 Å². The molecule has 0 radical (unpaired) electrons. The van der Waals surface area contributed by atoms with Gasteiger partial charge in [0.25, 0.3) is 0 Å².